The summed E-state index contributed by atoms with van der Waals surface area (Å²) in [5.41, 5.74) is 1.15. The molecule has 2 saturated heterocycles. The van der Waals surface area contributed by atoms with Gasteiger partial charge in [-0.05, 0) is 25.7 Å². The summed E-state index contributed by atoms with van der Waals surface area (Å²) in [4.78, 5) is 54.8. The number of amides is 4. The Kier molecular flexibility index (Phi) is 24.2. The first-order chi connectivity index (χ1) is 23.7. The highest BCUT2D eigenvalue weighted by Gasteiger charge is 2.42. The van der Waals surface area contributed by atoms with E-state index in [1.165, 1.54) is 25.5 Å². The van der Waals surface area contributed by atoms with Gasteiger partial charge in [-0.2, -0.15) is 0 Å². The van der Waals surface area contributed by atoms with E-state index in [4.69, 9.17) is 14.6 Å². The maximum absolute atomic E-state index is 13.6. The summed E-state index contributed by atoms with van der Waals surface area (Å²) in [6.07, 6.45) is 7.04. The minimum absolute atomic E-state index is 0.00568. The number of ether oxygens (including phenoxy) is 2. The van der Waals surface area contributed by atoms with E-state index in [1.807, 2.05) is 26.8 Å². The van der Waals surface area contributed by atoms with Gasteiger partial charge in [0.15, 0.2) is 0 Å². The topological polar surface area (TPSA) is 170 Å². The van der Waals surface area contributed by atoms with Crippen LogP contribution in [0.25, 0.3) is 0 Å². The molecule has 0 saturated carbocycles. The maximum Gasteiger partial charge on any atom is 0.242 e. The van der Waals surface area contributed by atoms with Crippen molar-refractivity contribution >= 4 is 23.6 Å². The summed E-state index contributed by atoms with van der Waals surface area (Å²) >= 11 is 0. The zero-order chi connectivity index (χ0) is 38.4. The molecule has 50 heavy (non-hydrogen) atoms. The van der Waals surface area contributed by atoms with Crippen molar-refractivity contribution in [2.45, 2.75) is 110 Å². The molecular formula is C37H67N5O8. The first kappa shape index (κ1) is 46.9. The number of methoxy groups -OCH3 is 2. The van der Waals surface area contributed by atoms with Crippen LogP contribution in [0.2, 0.25) is 0 Å². The third-order valence-electron chi connectivity index (χ3n) is 9.05. The highest BCUT2D eigenvalue weighted by molar-refractivity contribution is 5.88. The Labute approximate surface area is 300 Å². The zero-order valence-electron chi connectivity index (χ0n) is 32.1. The summed E-state index contributed by atoms with van der Waals surface area (Å²) in [5.74, 6) is -1.70. The van der Waals surface area contributed by atoms with Gasteiger partial charge in [-0.25, -0.2) is 0 Å². The molecular weight excluding hydrogens is 642 g/mol. The van der Waals surface area contributed by atoms with Crippen molar-refractivity contribution in [1.82, 2.24) is 25.8 Å². The van der Waals surface area contributed by atoms with Gasteiger partial charge < -0.3 is 45.4 Å². The van der Waals surface area contributed by atoms with E-state index in [-0.39, 0.29) is 55.8 Å². The zero-order valence-corrected chi connectivity index (χ0v) is 32.1. The van der Waals surface area contributed by atoms with Crippen LogP contribution in [0.3, 0.4) is 0 Å². The van der Waals surface area contributed by atoms with Crippen LogP contribution in [0.5, 0.6) is 0 Å². The fourth-order valence-corrected chi connectivity index (χ4v) is 5.93. The molecule has 2 aliphatic rings. The first-order valence-electron chi connectivity index (χ1n) is 17.8. The molecule has 2 rings (SSSR count). The Hall–Kier alpha value is -3.10. The number of aliphatic hydroxyl groups excluding tert-OH is 2. The lowest BCUT2D eigenvalue weighted by atomic mass is 9.90. The van der Waals surface area contributed by atoms with Crippen LogP contribution in [-0.4, -0.2) is 134 Å². The monoisotopic (exact) mass is 709 g/mol. The Morgan fingerprint density at radius 2 is 1.74 bits per heavy atom. The van der Waals surface area contributed by atoms with Gasteiger partial charge in [0.2, 0.25) is 23.6 Å². The van der Waals surface area contributed by atoms with E-state index in [1.54, 1.807) is 31.0 Å². The lowest BCUT2D eigenvalue weighted by molar-refractivity contribution is -0.146. The molecule has 13 heteroatoms. The molecule has 2 heterocycles. The third kappa shape index (κ3) is 15.0. The van der Waals surface area contributed by atoms with E-state index in [9.17, 15) is 24.3 Å². The Bertz CT molecular complexity index is 1090. The van der Waals surface area contributed by atoms with Gasteiger partial charge in [0, 0.05) is 40.9 Å². The quantitative estimate of drug-likeness (QED) is 0.134. The van der Waals surface area contributed by atoms with Crippen LogP contribution in [-0.2, 0) is 28.7 Å². The lowest BCUT2D eigenvalue weighted by Crippen LogP contribution is -2.64. The van der Waals surface area contributed by atoms with Crippen LogP contribution in [0.1, 0.15) is 73.6 Å². The fraction of sp³-hybridized carbons (Fsp3) is 0.730. The van der Waals surface area contributed by atoms with E-state index in [2.05, 4.69) is 43.0 Å². The van der Waals surface area contributed by atoms with Gasteiger partial charge in [-0.1, -0.05) is 84.4 Å². The van der Waals surface area contributed by atoms with Crippen LogP contribution in [0.4, 0.5) is 0 Å². The van der Waals surface area contributed by atoms with Crippen LogP contribution in [0.15, 0.2) is 37.0 Å². The third-order valence-corrected chi connectivity index (χ3v) is 9.05. The van der Waals surface area contributed by atoms with Crippen LogP contribution >= 0.6 is 0 Å². The molecule has 0 aromatic rings. The number of carbonyl (C=O) groups is 4. The van der Waals surface area contributed by atoms with Crippen LogP contribution in [0, 0.1) is 11.8 Å². The molecule has 2 fully saturated rings. The number of carbonyl (C=O) groups excluding carboxylic acids is 4. The van der Waals surface area contributed by atoms with Crippen LogP contribution < -0.4 is 16.0 Å². The molecule has 0 aromatic carbocycles. The largest absolute Gasteiger partial charge is 0.395 e. The van der Waals surface area contributed by atoms with E-state index < -0.39 is 42.2 Å². The minimum atomic E-state index is -0.769. The smallest absolute Gasteiger partial charge is 0.242 e. The Morgan fingerprint density at radius 1 is 1.10 bits per heavy atom. The second-order valence-corrected chi connectivity index (χ2v) is 12.9. The molecule has 4 amide bonds. The molecule has 2 aliphatic heterocycles. The van der Waals surface area contributed by atoms with Crippen molar-refractivity contribution in [2.75, 3.05) is 54.1 Å². The summed E-state index contributed by atoms with van der Waals surface area (Å²) in [7, 11) is 4.69. The highest BCUT2D eigenvalue weighted by atomic mass is 16.5. The predicted molar refractivity (Wildman–Crippen MR) is 197 cm³/mol. The van der Waals surface area contributed by atoms with Crippen molar-refractivity contribution in [3.8, 4) is 0 Å². The number of allylic oxidation sites excluding steroid dienone is 4. The number of hydrogen-bond acceptors (Lipinski definition) is 9. The van der Waals surface area contributed by atoms with Gasteiger partial charge in [-0.15, -0.1) is 0 Å². The van der Waals surface area contributed by atoms with Crippen molar-refractivity contribution in [3.63, 3.8) is 0 Å². The molecule has 13 nitrogen and oxygen atoms in total. The predicted octanol–water partition coefficient (Wildman–Crippen LogP) is 2.19. The average Bonchev–Trinajstić information content (AvgIpc) is 3.58. The number of likely N-dealkylation sites (N-methyl/N-ethyl adjacent to an activating group) is 1. The fourth-order valence-electron chi connectivity index (χ4n) is 5.93. The number of nitrogens with zero attached hydrogens (tertiary/aromatic N) is 2. The number of likely N-dealkylation sites (tertiary alicyclic amines) is 1. The summed E-state index contributed by atoms with van der Waals surface area (Å²) in [6, 6.07) is -1.45. The molecule has 5 N–H and O–H groups in total. The van der Waals surface area contributed by atoms with Gasteiger partial charge in [0.25, 0.3) is 0 Å². The van der Waals surface area contributed by atoms with Crippen molar-refractivity contribution < 1.29 is 38.9 Å². The first-order valence-corrected chi connectivity index (χ1v) is 17.8. The molecule has 0 aliphatic carbocycles. The molecule has 0 aromatic heterocycles. The number of aliphatic hydroxyl groups is 2. The standard InChI is InChI=1S/C27H49N5O8.C7H10.C3H8/c1-7-16(2)24(31(4)22(36)15-30-27(38)23-19(34)14-29-23)20(39-5)13-21(35)32-11-8-9-18(32)25(40-6)17(3)26(37)28-10-12-33;1-4-6-7(3)5-2;1-3-2/h16-20,23-25,29,33-34H,7-15H2,1-6H3,(H,28,37)(H,30,38);4-6H,1-2H2,3H3;3H2,1-2H3/b;7-6-;. The van der Waals surface area contributed by atoms with E-state index in [0.29, 0.717) is 19.5 Å². The Balaban J connectivity index is 0.00000210. The number of β-amino-alcohol motifs (C(OH)–C–C–N with tert-alkyl or cyclic N) is 1. The maximum atomic E-state index is 13.6. The van der Waals surface area contributed by atoms with Gasteiger partial charge in [-0.3, -0.25) is 19.2 Å². The highest BCUT2D eigenvalue weighted by Crippen LogP contribution is 2.29. The summed E-state index contributed by atoms with van der Waals surface area (Å²) in [5, 5.41) is 26.8. The molecule has 8 atom stereocenters. The molecule has 0 spiro atoms. The summed E-state index contributed by atoms with van der Waals surface area (Å²) < 4.78 is 11.5. The van der Waals surface area contributed by atoms with Gasteiger partial charge >= 0.3 is 0 Å². The molecule has 0 bridgehead atoms. The molecule has 0 radical (unpaired) electrons. The minimum Gasteiger partial charge on any atom is -0.395 e. The second kappa shape index (κ2) is 25.8. The number of nitrogens with one attached hydrogen (secondary N) is 3. The van der Waals surface area contributed by atoms with Crippen molar-refractivity contribution in [2.24, 2.45) is 11.8 Å². The summed E-state index contributed by atoms with van der Waals surface area (Å²) in [6.45, 7) is 19.7. The SMILES string of the molecule is C=C/C=C(/C)C=C.CCC.CCC(C)C(C(CC(=O)N1CCCC1C(OC)C(C)C(=O)NCCO)OC)N(C)C(=O)CNC(=O)C1NCC1O. The normalized spacial score (nSPS) is 21.3. The second-order valence-electron chi connectivity index (χ2n) is 12.9. The van der Waals surface area contributed by atoms with Crippen molar-refractivity contribution in [3.05, 3.63) is 37.0 Å². The van der Waals surface area contributed by atoms with E-state index in [0.717, 1.165) is 18.4 Å². The van der Waals surface area contributed by atoms with Crippen molar-refractivity contribution in [1.29, 1.82) is 0 Å². The number of rotatable bonds is 18. The van der Waals surface area contributed by atoms with Gasteiger partial charge in [0.1, 0.15) is 6.04 Å². The Morgan fingerprint density at radius 3 is 2.18 bits per heavy atom. The van der Waals surface area contributed by atoms with E-state index >= 15 is 0 Å². The van der Waals surface area contributed by atoms with Gasteiger partial charge in [0.05, 0.1) is 55.9 Å². The number of hydrogen-bond donors (Lipinski definition) is 5. The molecule has 288 valence electrons. The average molecular weight is 710 g/mol. The molecule has 8 unspecified atom stereocenters. The lowest BCUT2D eigenvalue weighted by Gasteiger charge is -2.39.